The Hall–Kier alpha value is -4.35. The van der Waals surface area contributed by atoms with Gasteiger partial charge in [0.1, 0.15) is 24.0 Å². The summed E-state index contributed by atoms with van der Waals surface area (Å²) in [5.41, 5.74) is 6.86. The van der Waals surface area contributed by atoms with E-state index >= 15 is 0 Å². The van der Waals surface area contributed by atoms with Crippen LogP contribution in [0, 0.1) is 6.92 Å². The number of benzene rings is 4. The van der Waals surface area contributed by atoms with Gasteiger partial charge in [0.15, 0.2) is 5.76 Å². The number of hydrogen-bond donors (Lipinski definition) is 0. The summed E-state index contributed by atoms with van der Waals surface area (Å²) < 4.78 is 17.8. The smallest absolute Gasteiger partial charge is 0.231 e. The van der Waals surface area contributed by atoms with Crippen molar-refractivity contribution in [1.29, 1.82) is 0 Å². The molecule has 5 nitrogen and oxygen atoms in total. The van der Waals surface area contributed by atoms with Gasteiger partial charge in [-0.15, -0.1) is 0 Å². The van der Waals surface area contributed by atoms with Crippen LogP contribution in [0.3, 0.4) is 0 Å². The van der Waals surface area contributed by atoms with Gasteiger partial charge in [-0.1, -0.05) is 72.8 Å². The predicted molar refractivity (Wildman–Crippen MR) is 149 cm³/mol. The third-order valence-electron chi connectivity index (χ3n) is 7.21. The van der Waals surface area contributed by atoms with E-state index in [1.165, 1.54) is 5.56 Å². The van der Waals surface area contributed by atoms with Gasteiger partial charge in [0.2, 0.25) is 5.78 Å². The van der Waals surface area contributed by atoms with Gasteiger partial charge in [-0.25, -0.2) is 0 Å². The summed E-state index contributed by atoms with van der Waals surface area (Å²) in [6.07, 6.45) is 2.67. The lowest BCUT2D eigenvalue weighted by molar-refractivity contribution is 0.0952. The molecule has 190 valence electrons. The van der Waals surface area contributed by atoms with Gasteiger partial charge in [0.25, 0.3) is 0 Å². The fourth-order valence-corrected chi connectivity index (χ4v) is 5.18. The van der Waals surface area contributed by atoms with Gasteiger partial charge >= 0.3 is 0 Å². The number of hydrogen-bond acceptors (Lipinski definition) is 5. The van der Waals surface area contributed by atoms with Crippen molar-refractivity contribution >= 4 is 11.9 Å². The number of nitrogens with zero attached hydrogens (tertiary/aromatic N) is 1. The van der Waals surface area contributed by atoms with Gasteiger partial charge in [0, 0.05) is 24.2 Å². The zero-order valence-corrected chi connectivity index (χ0v) is 21.6. The first-order valence-corrected chi connectivity index (χ1v) is 12.8. The summed E-state index contributed by atoms with van der Waals surface area (Å²) in [7, 11) is 1.70. The largest absolute Gasteiger partial charge is 0.496 e. The molecule has 6 rings (SSSR count). The monoisotopic (exact) mass is 503 g/mol. The number of Topliss-reactive ketones (excluding diaryl/α,β-unsaturated/α-hetero) is 1. The van der Waals surface area contributed by atoms with Crippen LogP contribution in [-0.4, -0.2) is 31.1 Å². The van der Waals surface area contributed by atoms with Crippen LogP contribution in [0.25, 0.3) is 17.2 Å². The molecule has 0 amide bonds. The van der Waals surface area contributed by atoms with Crippen LogP contribution in [0.15, 0.2) is 90.7 Å². The second-order valence-corrected chi connectivity index (χ2v) is 9.68. The fraction of sp³-hybridized carbons (Fsp3) is 0.182. The van der Waals surface area contributed by atoms with E-state index in [9.17, 15) is 4.79 Å². The van der Waals surface area contributed by atoms with Crippen LogP contribution in [0.1, 0.15) is 32.6 Å². The molecule has 0 saturated heterocycles. The molecule has 5 heteroatoms. The van der Waals surface area contributed by atoms with Crippen molar-refractivity contribution in [3.8, 4) is 28.4 Å². The van der Waals surface area contributed by atoms with Crippen LogP contribution >= 0.6 is 0 Å². The number of allylic oxidation sites excluding steroid dienone is 1. The number of rotatable bonds is 6. The molecule has 0 N–H and O–H groups in total. The Labute approximate surface area is 222 Å². The fourth-order valence-electron chi connectivity index (χ4n) is 5.18. The normalized spacial score (nSPS) is 15.5. The number of methoxy groups -OCH3 is 1. The minimum atomic E-state index is -0.0934. The quantitative estimate of drug-likeness (QED) is 0.275. The highest BCUT2D eigenvalue weighted by molar-refractivity contribution is 6.15. The highest BCUT2D eigenvalue weighted by Gasteiger charge is 2.33. The van der Waals surface area contributed by atoms with Crippen molar-refractivity contribution < 1.29 is 19.0 Å². The van der Waals surface area contributed by atoms with Crippen LogP contribution in [0.4, 0.5) is 0 Å². The molecule has 4 aromatic rings. The predicted octanol–water partition coefficient (Wildman–Crippen LogP) is 6.68. The number of ketones is 1. The summed E-state index contributed by atoms with van der Waals surface area (Å²) in [6, 6.07) is 28.4. The van der Waals surface area contributed by atoms with Gasteiger partial charge < -0.3 is 14.2 Å². The molecule has 0 atom stereocenters. The molecule has 0 aromatic heterocycles. The Kier molecular flexibility index (Phi) is 6.44. The molecule has 0 unspecified atom stereocenters. The van der Waals surface area contributed by atoms with E-state index in [2.05, 4.69) is 35.2 Å². The lowest BCUT2D eigenvalue weighted by Gasteiger charge is -2.30. The Bertz CT molecular complexity index is 1520. The zero-order valence-electron chi connectivity index (χ0n) is 21.6. The number of carbonyl (C=O) groups excluding carboxylic acids is 1. The average molecular weight is 504 g/mol. The molecule has 0 spiro atoms. The molecule has 4 aromatic carbocycles. The molecular formula is C33H29NO4. The van der Waals surface area contributed by atoms with Gasteiger partial charge in [0.05, 0.1) is 12.7 Å². The number of ether oxygens (including phenoxy) is 3. The molecule has 0 saturated carbocycles. The highest BCUT2D eigenvalue weighted by atomic mass is 16.5. The summed E-state index contributed by atoms with van der Waals surface area (Å²) in [5.74, 6) is 2.56. The van der Waals surface area contributed by atoms with Crippen LogP contribution in [0.2, 0.25) is 0 Å². The summed E-state index contributed by atoms with van der Waals surface area (Å²) in [5, 5.41) is 0. The zero-order chi connectivity index (χ0) is 26.1. The Balaban J connectivity index is 1.19. The first-order valence-electron chi connectivity index (χ1n) is 12.8. The summed E-state index contributed by atoms with van der Waals surface area (Å²) in [4.78, 5) is 15.6. The third-order valence-corrected chi connectivity index (χ3v) is 7.21. The second-order valence-electron chi connectivity index (χ2n) is 9.68. The minimum Gasteiger partial charge on any atom is -0.496 e. The van der Waals surface area contributed by atoms with Crippen LogP contribution in [-0.2, 0) is 13.0 Å². The van der Waals surface area contributed by atoms with E-state index in [0.29, 0.717) is 30.3 Å². The highest BCUT2D eigenvalue weighted by Crippen LogP contribution is 2.43. The first kappa shape index (κ1) is 24.0. The SMILES string of the molecule is COc1ccccc1CCN1COc2c(cc3c(c2C)O/C(=C\c2ccc(-c4ccccc4)cc2)C3=O)C1. The van der Waals surface area contributed by atoms with Crippen molar-refractivity contribution in [3.05, 3.63) is 119 Å². The van der Waals surface area contributed by atoms with Gasteiger partial charge in [-0.05, 0) is 53.8 Å². The number of fused-ring (bicyclic) bond motifs is 2. The lowest BCUT2D eigenvalue weighted by atomic mass is 9.99. The molecule has 0 bridgehead atoms. The minimum absolute atomic E-state index is 0.0934. The lowest BCUT2D eigenvalue weighted by Crippen LogP contribution is -2.34. The summed E-state index contributed by atoms with van der Waals surface area (Å²) in [6.45, 7) is 4.00. The summed E-state index contributed by atoms with van der Waals surface area (Å²) >= 11 is 0. The van der Waals surface area contributed by atoms with Crippen LogP contribution < -0.4 is 14.2 Å². The maximum Gasteiger partial charge on any atom is 0.231 e. The van der Waals surface area contributed by atoms with Crippen molar-refractivity contribution in [2.45, 2.75) is 19.9 Å². The Morgan fingerprint density at radius 3 is 2.45 bits per heavy atom. The van der Waals surface area contributed by atoms with E-state index in [-0.39, 0.29) is 5.78 Å². The standard InChI is InChI=1S/C33H29NO4/c1-22-32-27(20-34(21-37-32)17-16-26-10-6-7-11-29(26)36-2)19-28-31(35)30(38-33(22)28)18-23-12-14-25(15-13-23)24-8-4-3-5-9-24/h3-15,18-19H,16-17,20-21H2,1-2H3/b30-18-. The molecule has 0 fully saturated rings. The van der Waals surface area contributed by atoms with E-state index in [1.807, 2.05) is 67.6 Å². The van der Waals surface area contributed by atoms with Crippen molar-refractivity contribution in [2.75, 3.05) is 20.4 Å². The molecule has 0 radical (unpaired) electrons. The maximum atomic E-state index is 13.3. The van der Waals surface area contributed by atoms with E-state index in [1.54, 1.807) is 7.11 Å². The second kappa shape index (κ2) is 10.2. The van der Waals surface area contributed by atoms with Crippen molar-refractivity contribution in [2.24, 2.45) is 0 Å². The van der Waals surface area contributed by atoms with Crippen LogP contribution in [0.5, 0.6) is 17.2 Å². The number of para-hydroxylation sites is 1. The third kappa shape index (κ3) is 4.57. The molecule has 38 heavy (non-hydrogen) atoms. The first-order chi connectivity index (χ1) is 18.6. The molecule has 2 aliphatic rings. The van der Waals surface area contributed by atoms with E-state index in [4.69, 9.17) is 14.2 Å². The van der Waals surface area contributed by atoms with Crippen molar-refractivity contribution in [3.63, 3.8) is 0 Å². The van der Waals surface area contributed by atoms with Gasteiger partial charge in [-0.2, -0.15) is 0 Å². The molecule has 2 aliphatic heterocycles. The van der Waals surface area contributed by atoms with E-state index < -0.39 is 0 Å². The van der Waals surface area contributed by atoms with Crippen molar-refractivity contribution in [1.82, 2.24) is 4.90 Å². The van der Waals surface area contributed by atoms with Gasteiger partial charge in [-0.3, -0.25) is 9.69 Å². The molecule has 0 aliphatic carbocycles. The number of carbonyl (C=O) groups is 1. The molecule has 2 heterocycles. The molecular weight excluding hydrogens is 474 g/mol. The Morgan fingerprint density at radius 1 is 0.921 bits per heavy atom. The van der Waals surface area contributed by atoms with E-state index in [0.717, 1.165) is 52.3 Å². The topological polar surface area (TPSA) is 48.0 Å². The average Bonchev–Trinajstić information content (AvgIpc) is 3.27. The Morgan fingerprint density at radius 2 is 1.66 bits per heavy atom. The maximum absolute atomic E-state index is 13.3.